The number of thiazole rings is 1. The second kappa shape index (κ2) is 10.1. The van der Waals surface area contributed by atoms with Gasteiger partial charge in [0, 0.05) is 48.7 Å². The Bertz CT molecular complexity index is 1240. The molecule has 9 nitrogen and oxygen atoms in total. The Morgan fingerprint density at radius 1 is 1.06 bits per heavy atom. The lowest BCUT2D eigenvalue weighted by Gasteiger charge is -2.12. The van der Waals surface area contributed by atoms with Gasteiger partial charge >= 0.3 is 0 Å². The fourth-order valence-electron chi connectivity index (χ4n) is 3.17. The van der Waals surface area contributed by atoms with Crippen LogP contribution in [-0.2, 0) is 16.0 Å². The number of nitrogens with one attached hydrogen (secondary N) is 2. The van der Waals surface area contributed by atoms with E-state index in [1.165, 1.54) is 18.3 Å². The fourth-order valence-corrected chi connectivity index (χ4v) is 3.91. The third kappa shape index (κ3) is 5.86. The highest BCUT2D eigenvalue weighted by atomic mass is 32.1. The second-order valence-corrected chi connectivity index (χ2v) is 8.24. The first-order valence-electron chi connectivity index (χ1n) is 10.3. The molecule has 0 saturated heterocycles. The van der Waals surface area contributed by atoms with Gasteiger partial charge in [-0.25, -0.2) is 4.98 Å². The highest BCUT2D eigenvalue weighted by molar-refractivity contribution is 7.14. The Hall–Kier alpha value is -3.92. The third-order valence-electron chi connectivity index (χ3n) is 4.85. The van der Waals surface area contributed by atoms with Crippen LogP contribution in [0.1, 0.15) is 37.8 Å². The maximum atomic E-state index is 12.3. The van der Waals surface area contributed by atoms with Crippen molar-refractivity contribution in [3.8, 4) is 22.6 Å². The Balaban J connectivity index is 1.31. The standard InChI is InChI=1S/C23H22N6O3S/c1-14(25-15(2)30)16-3-5-17(6-4-16)19-13-33-23(26-19)27-20(31)7-8-21-28-22(29-32-21)18-9-11-24-12-10-18/h3-6,9-14H,7-8H2,1-2H3,(H,25,30)(H,26,27,31). The Morgan fingerprint density at radius 2 is 1.82 bits per heavy atom. The third-order valence-corrected chi connectivity index (χ3v) is 5.61. The van der Waals surface area contributed by atoms with Gasteiger partial charge in [-0.3, -0.25) is 14.6 Å². The molecule has 168 valence electrons. The van der Waals surface area contributed by atoms with Gasteiger partial charge < -0.3 is 15.2 Å². The first-order valence-corrected chi connectivity index (χ1v) is 11.2. The van der Waals surface area contributed by atoms with Crippen LogP contribution in [0.4, 0.5) is 5.13 Å². The molecular weight excluding hydrogens is 440 g/mol. The number of hydrogen-bond acceptors (Lipinski definition) is 8. The molecule has 0 bridgehead atoms. The number of amides is 2. The van der Waals surface area contributed by atoms with Crippen molar-refractivity contribution in [3.05, 3.63) is 65.6 Å². The summed E-state index contributed by atoms with van der Waals surface area (Å²) in [5, 5.41) is 12.0. The van der Waals surface area contributed by atoms with E-state index in [1.807, 2.05) is 36.6 Å². The molecule has 2 N–H and O–H groups in total. The van der Waals surface area contributed by atoms with Crippen molar-refractivity contribution in [1.82, 2.24) is 25.4 Å². The molecule has 3 heterocycles. The minimum absolute atomic E-state index is 0.0681. The quantitative estimate of drug-likeness (QED) is 0.405. The molecule has 0 fully saturated rings. The lowest BCUT2D eigenvalue weighted by Crippen LogP contribution is -2.23. The molecule has 0 aliphatic heterocycles. The molecule has 0 aliphatic carbocycles. The number of pyridine rings is 1. The molecule has 1 atom stereocenters. The van der Waals surface area contributed by atoms with Gasteiger partial charge in [0.15, 0.2) is 5.13 Å². The van der Waals surface area contributed by atoms with Gasteiger partial charge in [0.05, 0.1) is 11.7 Å². The van der Waals surface area contributed by atoms with E-state index in [4.69, 9.17) is 4.52 Å². The summed E-state index contributed by atoms with van der Waals surface area (Å²) in [4.78, 5) is 36.3. The summed E-state index contributed by atoms with van der Waals surface area (Å²) in [6.07, 6.45) is 3.84. The smallest absolute Gasteiger partial charge is 0.227 e. The molecule has 0 spiro atoms. The zero-order valence-corrected chi connectivity index (χ0v) is 18.9. The van der Waals surface area contributed by atoms with E-state index in [9.17, 15) is 9.59 Å². The van der Waals surface area contributed by atoms with E-state index in [-0.39, 0.29) is 24.3 Å². The van der Waals surface area contributed by atoms with Crippen molar-refractivity contribution in [2.75, 3.05) is 5.32 Å². The minimum atomic E-state index is -0.181. The van der Waals surface area contributed by atoms with Crippen LogP contribution in [0.5, 0.6) is 0 Å². The number of nitrogens with zero attached hydrogens (tertiary/aromatic N) is 4. The van der Waals surface area contributed by atoms with Crippen LogP contribution in [0.2, 0.25) is 0 Å². The molecule has 10 heteroatoms. The molecule has 0 saturated carbocycles. The van der Waals surface area contributed by atoms with Gasteiger partial charge in [0.1, 0.15) is 0 Å². The average molecular weight is 463 g/mol. The molecule has 4 rings (SSSR count). The molecule has 3 aromatic heterocycles. The van der Waals surface area contributed by atoms with Crippen molar-refractivity contribution < 1.29 is 14.1 Å². The molecule has 0 radical (unpaired) electrons. The summed E-state index contributed by atoms with van der Waals surface area (Å²) in [5.41, 5.74) is 3.51. The first kappa shape index (κ1) is 22.3. The summed E-state index contributed by atoms with van der Waals surface area (Å²) in [6.45, 7) is 3.43. The summed E-state index contributed by atoms with van der Waals surface area (Å²) in [6, 6.07) is 11.3. The van der Waals surface area contributed by atoms with Crippen LogP contribution in [0.15, 0.2) is 58.7 Å². The molecular formula is C23H22N6O3S. The molecule has 1 unspecified atom stereocenters. The van der Waals surface area contributed by atoms with Crippen LogP contribution >= 0.6 is 11.3 Å². The van der Waals surface area contributed by atoms with Crippen molar-refractivity contribution in [2.45, 2.75) is 32.7 Å². The average Bonchev–Trinajstić information content (AvgIpc) is 3.48. The number of rotatable bonds is 8. The maximum absolute atomic E-state index is 12.3. The van der Waals surface area contributed by atoms with Crippen LogP contribution in [-0.4, -0.2) is 31.9 Å². The van der Waals surface area contributed by atoms with E-state index >= 15 is 0 Å². The van der Waals surface area contributed by atoms with E-state index in [2.05, 4.69) is 30.7 Å². The second-order valence-electron chi connectivity index (χ2n) is 7.38. The van der Waals surface area contributed by atoms with Gasteiger partial charge in [0.25, 0.3) is 0 Å². The van der Waals surface area contributed by atoms with E-state index < -0.39 is 0 Å². The summed E-state index contributed by atoms with van der Waals surface area (Å²) >= 11 is 1.36. The van der Waals surface area contributed by atoms with Crippen molar-refractivity contribution in [1.29, 1.82) is 0 Å². The van der Waals surface area contributed by atoms with E-state index in [0.29, 0.717) is 23.3 Å². The monoisotopic (exact) mass is 462 g/mol. The van der Waals surface area contributed by atoms with Crippen molar-refractivity contribution >= 4 is 28.3 Å². The predicted octanol–water partition coefficient (Wildman–Crippen LogP) is 4.02. The van der Waals surface area contributed by atoms with Gasteiger partial charge in [0.2, 0.25) is 23.5 Å². The highest BCUT2D eigenvalue weighted by Gasteiger charge is 2.13. The van der Waals surface area contributed by atoms with Crippen LogP contribution < -0.4 is 10.6 Å². The zero-order chi connectivity index (χ0) is 23.2. The van der Waals surface area contributed by atoms with Crippen LogP contribution in [0.25, 0.3) is 22.6 Å². The van der Waals surface area contributed by atoms with E-state index in [1.54, 1.807) is 24.5 Å². The van der Waals surface area contributed by atoms with Gasteiger partial charge in [-0.2, -0.15) is 4.98 Å². The van der Waals surface area contributed by atoms with Gasteiger partial charge in [-0.1, -0.05) is 29.4 Å². The molecule has 0 aliphatic rings. The number of hydrogen-bond donors (Lipinski definition) is 2. The number of anilines is 1. The van der Waals surface area contributed by atoms with Crippen LogP contribution in [0, 0.1) is 0 Å². The zero-order valence-electron chi connectivity index (χ0n) is 18.1. The molecule has 33 heavy (non-hydrogen) atoms. The number of carbonyl (C=O) groups excluding carboxylic acids is 2. The maximum Gasteiger partial charge on any atom is 0.227 e. The lowest BCUT2D eigenvalue weighted by molar-refractivity contribution is -0.119. The van der Waals surface area contributed by atoms with Crippen LogP contribution in [0.3, 0.4) is 0 Å². The first-order chi connectivity index (χ1) is 16.0. The Labute approximate surface area is 194 Å². The molecule has 1 aromatic carbocycles. The summed E-state index contributed by atoms with van der Waals surface area (Å²) < 4.78 is 5.23. The lowest BCUT2D eigenvalue weighted by atomic mass is 10.1. The largest absolute Gasteiger partial charge is 0.350 e. The fraction of sp³-hybridized carbons (Fsp3) is 0.217. The highest BCUT2D eigenvalue weighted by Crippen LogP contribution is 2.26. The molecule has 2 amide bonds. The minimum Gasteiger partial charge on any atom is -0.350 e. The SMILES string of the molecule is CC(=O)NC(C)c1ccc(-c2csc(NC(=O)CCc3nc(-c4ccncc4)no3)n2)cc1. The normalized spacial score (nSPS) is 11.7. The Morgan fingerprint density at radius 3 is 2.55 bits per heavy atom. The van der Waals surface area contributed by atoms with Gasteiger partial charge in [-0.15, -0.1) is 11.3 Å². The summed E-state index contributed by atoms with van der Waals surface area (Å²) in [5.74, 6) is 0.610. The summed E-state index contributed by atoms with van der Waals surface area (Å²) in [7, 11) is 0. The number of aryl methyl sites for hydroxylation is 1. The predicted molar refractivity (Wildman–Crippen MR) is 124 cm³/mol. The van der Waals surface area contributed by atoms with Crippen molar-refractivity contribution in [3.63, 3.8) is 0 Å². The van der Waals surface area contributed by atoms with Crippen molar-refractivity contribution in [2.24, 2.45) is 0 Å². The number of aromatic nitrogens is 4. The Kier molecular flexibility index (Phi) is 6.84. The van der Waals surface area contributed by atoms with Gasteiger partial charge in [-0.05, 0) is 24.6 Å². The van der Waals surface area contributed by atoms with E-state index in [0.717, 1.165) is 22.4 Å². The topological polar surface area (TPSA) is 123 Å². The number of carbonyl (C=O) groups is 2. The number of benzene rings is 1. The molecule has 4 aromatic rings.